The molecular formula is C15H18N2O3. The molecule has 0 aliphatic carbocycles. The zero-order valence-electron chi connectivity index (χ0n) is 11.2. The number of carbonyl (C=O) groups excluding carboxylic acids is 1. The summed E-state index contributed by atoms with van der Waals surface area (Å²) in [5, 5.41) is 18.2. The van der Waals surface area contributed by atoms with Crippen LogP contribution in [0.25, 0.3) is 0 Å². The summed E-state index contributed by atoms with van der Waals surface area (Å²) in [5.41, 5.74) is 1.08. The highest BCUT2D eigenvalue weighted by Gasteiger charge is 2.23. The van der Waals surface area contributed by atoms with Gasteiger partial charge in [-0.1, -0.05) is 11.8 Å². The highest BCUT2D eigenvalue weighted by molar-refractivity contribution is 5.92. The van der Waals surface area contributed by atoms with E-state index < -0.39 is 6.10 Å². The van der Waals surface area contributed by atoms with Gasteiger partial charge in [-0.25, -0.2) is 4.98 Å². The van der Waals surface area contributed by atoms with Crippen molar-refractivity contribution in [1.29, 1.82) is 0 Å². The van der Waals surface area contributed by atoms with Gasteiger partial charge in [0.15, 0.2) is 0 Å². The Bertz CT molecular complexity index is 516. The van der Waals surface area contributed by atoms with Crippen LogP contribution >= 0.6 is 0 Å². The number of hydrogen-bond acceptors (Lipinski definition) is 4. The molecule has 2 rings (SSSR count). The van der Waals surface area contributed by atoms with Crippen LogP contribution in [0.1, 0.15) is 35.3 Å². The highest BCUT2D eigenvalue weighted by Crippen LogP contribution is 2.12. The first kappa shape index (κ1) is 14.5. The molecule has 0 radical (unpaired) electrons. The van der Waals surface area contributed by atoms with E-state index in [0.717, 1.165) is 12.8 Å². The van der Waals surface area contributed by atoms with E-state index in [1.807, 2.05) is 0 Å². The zero-order valence-corrected chi connectivity index (χ0v) is 11.2. The first-order valence-electron chi connectivity index (χ1n) is 6.74. The van der Waals surface area contributed by atoms with Crippen molar-refractivity contribution in [3.8, 4) is 11.8 Å². The van der Waals surface area contributed by atoms with Crippen LogP contribution in [0.2, 0.25) is 0 Å². The molecule has 1 aliphatic rings. The Hall–Kier alpha value is -1.90. The molecular weight excluding hydrogens is 256 g/mol. The van der Waals surface area contributed by atoms with Crippen LogP contribution in [-0.4, -0.2) is 51.8 Å². The zero-order chi connectivity index (χ0) is 14.4. The van der Waals surface area contributed by atoms with Crippen molar-refractivity contribution in [2.24, 2.45) is 0 Å². The van der Waals surface area contributed by atoms with Gasteiger partial charge in [0.2, 0.25) is 0 Å². The van der Waals surface area contributed by atoms with Gasteiger partial charge in [-0.2, -0.15) is 0 Å². The minimum atomic E-state index is -0.434. The Labute approximate surface area is 118 Å². The average Bonchev–Trinajstić information content (AvgIpc) is 2.47. The van der Waals surface area contributed by atoms with Gasteiger partial charge in [0.25, 0.3) is 5.91 Å². The molecule has 1 aromatic rings. The fourth-order valence-electron chi connectivity index (χ4n) is 2.12. The summed E-state index contributed by atoms with van der Waals surface area (Å²) in [4.78, 5) is 18.0. The molecule has 0 bridgehead atoms. The largest absolute Gasteiger partial charge is 0.395 e. The molecule has 5 heteroatoms. The third-order valence-electron chi connectivity index (χ3n) is 3.14. The van der Waals surface area contributed by atoms with Crippen LogP contribution in [0.5, 0.6) is 0 Å². The van der Waals surface area contributed by atoms with Crippen LogP contribution in [-0.2, 0) is 0 Å². The van der Waals surface area contributed by atoms with E-state index in [2.05, 4.69) is 16.8 Å². The summed E-state index contributed by atoms with van der Waals surface area (Å²) in [5.74, 6) is 5.51. The normalized spacial score (nSPS) is 18.3. The Morgan fingerprint density at radius 3 is 3.00 bits per heavy atom. The summed E-state index contributed by atoms with van der Waals surface area (Å²) >= 11 is 0. The van der Waals surface area contributed by atoms with Gasteiger partial charge in [-0.15, -0.1) is 0 Å². The number of nitrogens with zero attached hydrogens (tertiary/aromatic N) is 2. The van der Waals surface area contributed by atoms with Gasteiger partial charge >= 0.3 is 0 Å². The lowest BCUT2D eigenvalue weighted by molar-refractivity contribution is 0.0469. The summed E-state index contributed by atoms with van der Waals surface area (Å²) < 4.78 is 0. The van der Waals surface area contributed by atoms with Gasteiger partial charge < -0.3 is 15.1 Å². The number of aliphatic hydroxyl groups is 2. The SMILES string of the molecule is O=C(c1ccc(C#CCCO)cn1)N1CCCC(O)C1. The fourth-order valence-corrected chi connectivity index (χ4v) is 2.12. The molecule has 1 amide bonds. The predicted molar refractivity (Wildman–Crippen MR) is 74.0 cm³/mol. The molecule has 5 nitrogen and oxygen atoms in total. The van der Waals surface area contributed by atoms with E-state index in [4.69, 9.17) is 5.11 Å². The van der Waals surface area contributed by atoms with E-state index in [-0.39, 0.29) is 12.5 Å². The second-order valence-corrected chi connectivity index (χ2v) is 4.75. The minimum absolute atomic E-state index is 0.0360. The van der Waals surface area contributed by atoms with Crippen molar-refractivity contribution in [3.63, 3.8) is 0 Å². The third kappa shape index (κ3) is 3.80. The molecule has 1 fully saturated rings. The summed E-state index contributed by atoms with van der Waals surface area (Å²) in [6.07, 6.45) is 3.11. The van der Waals surface area contributed by atoms with Crippen LogP contribution in [0, 0.1) is 11.8 Å². The second-order valence-electron chi connectivity index (χ2n) is 4.75. The summed E-state index contributed by atoms with van der Waals surface area (Å²) in [6, 6.07) is 3.39. The summed E-state index contributed by atoms with van der Waals surface area (Å²) in [7, 11) is 0. The number of amides is 1. The molecule has 0 aromatic carbocycles. The van der Waals surface area contributed by atoms with E-state index >= 15 is 0 Å². The van der Waals surface area contributed by atoms with Crippen molar-refractivity contribution >= 4 is 5.91 Å². The molecule has 1 aromatic heterocycles. The van der Waals surface area contributed by atoms with Crippen LogP contribution in [0.15, 0.2) is 18.3 Å². The Kier molecular flexibility index (Phi) is 5.10. The first-order chi connectivity index (χ1) is 9.70. The smallest absolute Gasteiger partial charge is 0.272 e. The van der Waals surface area contributed by atoms with Gasteiger partial charge in [0.05, 0.1) is 12.7 Å². The number of rotatable bonds is 2. The van der Waals surface area contributed by atoms with Crippen molar-refractivity contribution < 1.29 is 15.0 Å². The predicted octanol–water partition coefficient (Wildman–Crippen LogP) is 0.412. The summed E-state index contributed by atoms with van der Waals surface area (Å²) in [6.45, 7) is 1.07. The van der Waals surface area contributed by atoms with E-state index in [1.165, 1.54) is 0 Å². The van der Waals surface area contributed by atoms with E-state index in [0.29, 0.717) is 30.8 Å². The van der Waals surface area contributed by atoms with Crippen molar-refractivity contribution in [2.75, 3.05) is 19.7 Å². The molecule has 2 N–H and O–H groups in total. The second kappa shape index (κ2) is 7.04. The Morgan fingerprint density at radius 1 is 1.50 bits per heavy atom. The first-order valence-corrected chi connectivity index (χ1v) is 6.74. The number of hydrogen-bond donors (Lipinski definition) is 2. The molecule has 1 atom stereocenters. The van der Waals surface area contributed by atoms with Gasteiger partial charge in [0.1, 0.15) is 5.69 Å². The molecule has 1 unspecified atom stereocenters. The van der Waals surface area contributed by atoms with Gasteiger partial charge in [0, 0.05) is 31.3 Å². The molecule has 1 aliphatic heterocycles. The van der Waals surface area contributed by atoms with E-state index in [9.17, 15) is 9.90 Å². The average molecular weight is 274 g/mol. The molecule has 106 valence electrons. The van der Waals surface area contributed by atoms with Gasteiger partial charge in [-0.3, -0.25) is 4.79 Å². The van der Waals surface area contributed by atoms with Crippen molar-refractivity contribution in [3.05, 3.63) is 29.6 Å². The lowest BCUT2D eigenvalue weighted by Crippen LogP contribution is -2.42. The number of β-amino-alcohol motifs (C(OH)–C–C–N with tert-alkyl or cyclic N) is 1. The standard InChI is InChI=1S/C15H18N2O3/c18-9-2-1-4-12-6-7-14(16-10-12)15(20)17-8-3-5-13(19)11-17/h6-7,10,13,18-19H,2-3,5,8-9,11H2. The van der Waals surface area contributed by atoms with Crippen LogP contribution in [0.3, 0.4) is 0 Å². The topological polar surface area (TPSA) is 73.7 Å². The Morgan fingerprint density at radius 2 is 2.35 bits per heavy atom. The van der Waals surface area contributed by atoms with Crippen LogP contribution in [0.4, 0.5) is 0 Å². The highest BCUT2D eigenvalue weighted by atomic mass is 16.3. The maximum absolute atomic E-state index is 12.2. The number of likely N-dealkylation sites (tertiary alicyclic amines) is 1. The number of aliphatic hydroxyl groups excluding tert-OH is 2. The van der Waals surface area contributed by atoms with Crippen molar-refractivity contribution in [2.45, 2.75) is 25.4 Å². The number of piperidine rings is 1. The number of carbonyl (C=O) groups is 1. The minimum Gasteiger partial charge on any atom is -0.395 e. The van der Waals surface area contributed by atoms with Crippen LogP contribution < -0.4 is 0 Å². The maximum Gasteiger partial charge on any atom is 0.272 e. The fraction of sp³-hybridized carbons (Fsp3) is 0.467. The van der Waals surface area contributed by atoms with Crippen molar-refractivity contribution in [1.82, 2.24) is 9.88 Å². The maximum atomic E-state index is 12.2. The molecule has 1 saturated heterocycles. The Balaban J connectivity index is 2.02. The monoisotopic (exact) mass is 274 g/mol. The molecule has 0 saturated carbocycles. The number of aromatic nitrogens is 1. The van der Waals surface area contributed by atoms with E-state index in [1.54, 1.807) is 23.2 Å². The lowest BCUT2D eigenvalue weighted by Gasteiger charge is -2.29. The number of pyridine rings is 1. The van der Waals surface area contributed by atoms with Gasteiger partial charge in [-0.05, 0) is 25.0 Å². The molecule has 0 spiro atoms. The quantitative estimate of drug-likeness (QED) is 0.766. The molecule has 20 heavy (non-hydrogen) atoms. The molecule has 2 heterocycles. The third-order valence-corrected chi connectivity index (χ3v) is 3.14. The lowest BCUT2D eigenvalue weighted by atomic mass is 10.1.